The van der Waals surface area contributed by atoms with Crippen molar-refractivity contribution in [3.8, 4) is 5.75 Å². The lowest BCUT2D eigenvalue weighted by Crippen LogP contribution is -2.30. The van der Waals surface area contributed by atoms with Gasteiger partial charge in [0.15, 0.2) is 0 Å². The molecule has 2 aromatic carbocycles. The first-order valence-corrected chi connectivity index (χ1v) is 7.03. The van der Waals surface area contributed by atoms with Crippen LogP contribution in [0.2, 0.25) is 0 Å². The molecule has 104 valence electrons. The molecule has 3 heteroatoms. The average Bonchev–Trinajstić information content (AvgIpc) is 2.53. The normalized spacial score (nSPS) is 18.9. The van der Waals surface area contributed by atoms with Crippen molar-refractivity contribution < 1.29 is 9.84 Å². The molecule has 0 spiro atoms. The summed E-state index contributed by atoms with van der Waals surface area (Å²) in [6.45, 7) is 1.26. The van der Waals surface area contributed by atoms with Gasteiger partial charge in [-0.3, -0.25) is 0 Å². The van der Waals surface area contributed by atoms with Crippen LogP contribution in [0.4, 0.5) is 0 Å². The van der Waals surface area contributed by atoms with Crippen LogP contribution in [-0.4, -0.2) is 18.3 Å². The number of aliphatic hydroxyl groups is 1. The summed E-state index contributed by atoms with van der Waals surface area (Å²) in [5.41, 5.74) is 2.12. The molecule has 0 saturated heterocycles. The van der Waals surface area contributed by atoms with E-state index in [1.54, 1.807) is 0 Å². The van der Waals surface area contributed by atoms with Crippen molar-refractivity contribution in [2.75, 3.05) is 13.2 Å². The third-order valence-corrected chi connectivity index (χ3v) is 3.70. The zero-order valence-corrected chi connectivity index (χ0v) is 11.3. The minimum Gasteiger partial charge on any atom is -0.493 e. The van der Waals surface area contributed by atoms with Crippen LogP contribution >= 0.6 is 0 Å². The first-order valence-electron chi connectivity index (χ1n) is 7.03. The van der Waals surface area contributed by atoms with Gasteiger partial charge in [0.2, 0.25) is 0 Å². The van der Waals surface area contributed by atoms with E-state index in [0.717, 1.165) is 24.3 Å². The van der Waals surface area contributed by atoms with Gasteiger partial charge in [-0.25, -0.2) is 0 Å². The molecule has 1 aliphatic heterocycles. The molecule has 0 aliphatic carbocycles. The van der Waals surface area contributed by atoms with Gasteiger partial charge in [-0.05, 0) is 11.6 Å². The van der Waals surface area contributed by atoms with Crippen LogP contribution < -0.4 is 10.1 Å². The molecular weight excluding hydrogens is 250 g/mol. The van der Waals surface area contributed by atoms with E-state index in [1.165, 1.54) is 5.56 Å². The first-order chi connectivity index (χ1) is 9.84. The molecule has 0 radical (unpaired) electrons. The van der Waals surface area contributed by atoms with Gasteiger partial charge in [-0.2, -0.15) is 0 Å². The van der Waals surface area contributed by atoms with Crippen LogP contribution in [0, 0.1) is 0 Å². The SMILES string of the molecule is OC(CNC1CCOc2ccccc21)c1ccccc1. The Kier molecular flexibility index (Phi) is 4.00. The Labute approximate surface area is 119 Å². The molecule has 0 saturated carbocycles. The summed E-state index contributed by atoms with van der Waals surface area (Å²) >= 11 is 0. The minimum absolute atomic E-state index is 0.248. The lowest BCUT2D eigenvalue weighted by atomic mass is 10.00. The number of benzene rings is 2. The fourth-order valence-electron chi connectivity index (χ4n) is 2.60. The molecule has 2 aromatic rings. The maximum absolute atomic E-state index is 10.2. The largest absolute Gasteiger partial charge is 0.493 e. The molecule has 2 unspecified atom stereocenters. The van der Waals surface area contributed by atoms with Gasteiger partial charge in [-0.1, -0.05) is 48.5 Å². The molecule has 1 aliphatic rings. The molecule has 0 fully saturated rings. The average molecular weight is 269 g/mol. The van der Waals surface area contributed by atoms with Crippen LogP contribution in [0.15, 0.2) is 54.6 Å². The van der Waals surface area contributed by atoms with Gasteiger partial charge in [0, 0.05) is 24.6 Å². The lowest BCUT2D eigenvalue weighted by Gasteiger charge is -2.27. The van der Waals surface area contributed by atoms with Crippen molar-refractivity contribution >= 4 is 0 Å². The predicted octanol–water partition coefficient (Wildman–Crippen LogP) is 2.83. The predicted molar refractivity (Wildman–Crippen MR) is 78.7 cm³/mol. The highest BCUT2D eigenvalue weighted by Gasteiger charge is 2.21. The Hall–Kier alpha value is -1.84. The van der Waals surface area contributed by atoms with E-state index in [2.05, 4.69) is 11.4 Å². The van der Waals surface area contributed by atoms with E-state index in [-0.39, 0.29) is 6.04 Å². The molecule has 0 bridgehead atoms. The number of rotatable bonds is 4. The van der Waals surface area contributed by atoms with Gasteiger partial charge < -0.3 is 15.2 Å². The van der Waals surface area contributed by atoms with Crippen LogP contribution in [-0.2, 0) is 0 Å². The number of hydrogen-bond acceptors (Lipinski definition) is 3. The van der Waals surface area contributed by atoms with Crippen LogP contribution in [0.3, 0.4) is 0 Å². The Morgan fingerprint density at radius 2 is 1.85 bits per heavy atom. The van der Waals surface area contributed by atoms with Crippen LogP contribution in [0.5, 0.6) is 5.75 Å². The van der Waals surface area contributed by atoms with Gasteiger partial charge in [-0.15, -0.1) is 0 Å². The molecule has 0 aromatic heterocycles. The van der Waals surface area contributed by atoms with E-state index >= 15 is 0 Å². The highest BCUT2D eigenvalue weighted by Crippen LogP contribution is 2.31. The van der Waals surface area contributed by atoms with E-state index in [9.17, 15) is 5.11 Å². The summed E-state index contributed by atoms with van der Waals surface area (Å²) in [7, 11) is 0. The summed E-state index contributed by atoms with van der Waals surface area (Å²) in [4.78, 5) is 0. The second-order valence-electron chi connectivity index (χ2n) is 5.06. The third kappa shape index (κ3) is 2.84. The monoisotopic (exact) mass is 269 g/mol. The van der Waals surface area contributed by atoms with Crippen molar-refractivity contribution in [2.24, 2.45) is 0 Å². The summed E-state index contributed by atoms with van der Waals surface area (Å²) in [5.74, 6) is 0.949. The second kappa shape index (κ2) is 6.07. The molecule has 2 N–H and O–H groups in total. The number of ether oxygens (including phenoxy) is 1. The van der Waals surface area contributed by atoms with Gasteiger partial charge >= 0.3 is 0 Å². The molecule has 3 nitrogen and oxygen atoms in total. The van der Waals surface area contributed by atoms with E-state index in [0.29, 0.717) is 6.54 Å². The van der Waals surface area contributed by atoms with Gasteiger partial charge in [0.1, 0.15) is 5.75 Å². The second-order valence-corrected chi connectivity index (χ2v) is 5.06. The Morgan fingerprint density at radius 1 is 1.10 bits per heavy atom. The number of aliphatic hydroxyl groups excluding tert-OH is 1. The van der Waals surface area contributed by atoms with Gasteiger partial charge in [0.25, 0.3) is 0 Å². The van der Waals surface area contributed by atoms with Crippen molar-refractivity contribution in [1.29, 1.82) is 0 Å². The Balaban J connectivity index is 1.65. The molecule has 1 heterocycles. The lowest BCUT2D eigenvalue weighted by molar-refractivity contribution is 0.162. The van der Waals surface area contributed by atoms with Crippen molar-refractivity contribution in [2.45, 2.75) is 18.6 Å². The smallest absolute Gasteiger partial charge is 0.124 e. The quantitative estimate of drug-likeness (QED) is 0.896. The van der Waals surface area contributed by atoms with Crippen molar-refractivity contribution in [1.82, 2.24) is 5.32 Å². The van der Waals surface area contributed by atoms with Gasteiger partial charge in [0.05, 0.1) is 12.7 Å². The molecule has 0 amide bonds. The number of fused-ring (bicyclic) bond motifs is 1. The van der Waals surface area contributed by atoms with Crippen LogP contribution in [0.1, 0.15) is 29.7 Å². The Morgan fingerprint density at radius 3 is 2.70 bits per heavy atom. The number of hydrogen-bond donors (Lipinski definition) is 2. The summed E-state index contributed by atoms with van der Waals surface area (Å²) in [6, 6.07) is 18.1. The minimum atomic E-state index is -0.480. The first kappa shape index (κ1) is 13.2. The zero-order valence-electron chi connectivity index (χ0n) is 11.3. The maximum Gasteiger partial charge on any atom is 0.124 e. The molecule has 2 atom stereocenters. The maximum atomic E-state index is 10.2. The summed E-state index contributed by atoms with van der Waals surface area (Å²) in [5, 5.41) is 13.7. The summed E-state index contributed by atoms with van der Waals surface area (Å²) in [6.07, 6.45) is 0.449. The number of nitrogens with one attached hydrogen (secondary N) is 1. The highest BCUT2D eigenvalue weighted by molar-refractivity contribution is 5.37. The number of para-hydroxylation sites is 1. The van der Waals surface area contributed by atoms with E-state index in [4.69, 9.17) is 4.74 Å². The zero-order chi connectivity index (χ0) is 13.8. The standard InChI is InChI=1S/C17H19NO2/c19-16(13-6-2-1-3-7-13)12-18-15-10-11-20-17-9-5-4-8-14(15)17/h1-9,15-16,18-19H,10-12H2. The van der Waals surface area contributed by atoms with E-state index < -0.39 is 6.10 Å². The topological polar surface area (TPSA) is 41.5 Å². The fourth-order valence-corrected chi connectivity index (χ4v) is 2.60. The summed E-state index contributed by atoms with van der Waals surface area (Å²) < 4.78 is 5.64. The Bertz CT molecular complexity index is 556. The third-order valence-electron chi connectivity index (χ3n) is 3.70. The van der Waals surface area contributed by atoms with E-state index in [1.807, 2.05) is 48.5 Å². The molecule has 3 rings (SSSR count). The van der Waals surface area contributed by atoms with Crippen LogP contribution in [0.25, 0.3) is 0 Å². The van der Waals surface area contributed by atoms with Crippen molar-refractivity contribution in [3.05, 3.63) is 65.7 Å². The van der Waals surface area contributed by atoms with Crippen molar-refractivity contribution in [3.63, 3.8) is 0 Å². The fraction of sp³-hybridized carbons (Fsp3) is 0.294. The highest BCUT2D eigenvalue weighted by atomic mass is 16.5. The molecular formula is C17H19NO2. The molecule has 20 heavy (non-hydrogen) atoms.